The summed E-state index contributed by atoms with van der Waals surface area (Å²) in [5, 5.41) is 4.82. The Morgan fingerprint density at radius 3 is 2.80 bits per heavy atom. The highest BCUT2D eigenvalue weighted by Crippen LogP contribution is 2.26. The van der Waals surface area contributed by atoms with E-state index in [4.69, 9.17) is 9.15 Å². The Kier molecular flexibility index (Phi) is 5.25. The molecule has 0 unspecified atom stereocenters. The summed E-state index contributed by atoms with van der Waals surface area (Å²) in [7, 11) is 0. The Balaban J connectivity index is 1.71. The largest absolute Gasteiger partial charge is 0.466 e. The van der Waals surface area contributed by atoms with E-state index in [1.165, 1.54) is 17.6 Å². The van der Waals surface area contributed by atoms with Crippen molar-refractivity contribution in [3.8, 4) is 11.1 Å². The van der Waals surface area contributed by atoms with Crippen molar-refractivity contribution in [3.05, 3.63) is 59.5 Å². The monoisotopic (exact) mass is 356 g/mol. The lowest BCUT2D eigenvalue weighted by atomic mass is 10.1. The van der Waals surface area contributed by atoms with Gasteiger partial charge < -0.3 is 9.15 Å². The predicted octanol–water partition coefficient (Wildman–Crippen LogP) is 3.76. The number of esters is 1. The van der Waals surface area contributed by atoms with Crippen molar-refractivity contribution in [1.29, 1.82) is 0 Å². The molecule has 3 aromatic rings. The van der Waals surface area contributed by atoms with E-state index < -0.39 is 0 Å². The molecule has 0 fully saturated rings. The van der Waals surface area contributed by atoms with Gasteiger partial charge in [-0.2, -0.15) is 0 Å². The number of aromatic nitrogens is 1. The maximum atomic E-state index is 12.5. The number of amides is 1. The van der Waals surface area contributed by atoms with Gasteiger partial charge in [-0.3, -0.25) is 14.9 Å². The van der Waals surface area contributed by atoms with Crippen molar-refractivity contribution in [2.75, 3.05) is 11.9 Å². The summed E-state index contributed by atoms with van der Waals surface area (Å²) < 4.78 is 10.2. The highest BCUT2D eigenvalue weighted by molar-refractivity contribution is 7.14. The Bertz CT molecular complexity index is 870. The molecule has 2 heterocycles. The fraction of sp³-hybridized carbons (Fsp3) is 0.167. The Morgan fingerprint density at radius 1 is 1.24 bits per heavy atom. The average Bonchev–Trinajstić information content (AvgIpc) is 3.25. The van der Waals surface area contributed by atoms with Crippen LogP contribution in [0.4, 0.5) is 5.13 Å². The second-order valence-electron chi connectivity index (χ2n) is 5.11. The molecule has 6 nitrogen and oxygen atoms in total. The van der Waals surface area contributed by atoms with Crippen LogP contribution in [0, 0.1) is 0 Å². The molecule has 3 rings (SSSR count). The van der Waals surface area contributed by atoms with E-state index in [0.717, 1.165) is 5.56 Å². The summed E-state index contributed by atoms with van der Waals surface area (Å²) >= 11 is 1.24. The smallest absolute Gasteiger partial charge is 0.311 e. The molecule has 1 N–H and O–H groups in total. The zero-order valence-corrected chi connectivity index (χ0v) is 14.3. The highest BCUT2D eigenvalue weighted by atomic mass is 32.1. The first-order valence-corrected chi connectivity index (χ1v) is 8.59. The molecule has 7 heteroatoms. The quantitative estimate of drug-likeness (QED) is 0.680. The van der Waals surface area contributed by atoms with Gasteiger partial charge >= 0.3 is 5.97 Å². The van der Waals surface area contributed by atoms with Crippen LogP contribution in [0.5, 0.6) is 0 Å². The van der Waals surface area contributed by atoms with Crippen molar-refractivity contribution in [2.24, 2.45) is 0 Å². The van der Waals surface area contributed by atoms with Crippen LogP contribution in [0.15, 0.2) is 52.5 Å². The van der Waals surface area contributed by atoms with Gasteiger partial charge in [-0.25, -0.2) is 4.98 Å². The molecule has 0 atom stereocenters. The molecule has 0 aliphatic rings. The lowest BCUT2D eigenvalue weighted by Crippen LogP contribution is -2.12. The van der Waals surface area contributed by atoms with Crippen LogP contribution < -0.4 is 5.32 Å². The number of anilines is 1. The zero-order chi connectivity index (χ0) is 17.6. The number of furan rings is 1. The summed E-state index contributed by atoms with van der Waals surface area (Å²) in [4.78, 5) is 28.2. The van der Waals surface area contributed by atoms with Crippen LogP contribution in [0.3, 0.4) is 0 Å². The number of hydrogen-bond acceptors (Lipinski definition) is 6. The van der Waals surface area contributed by atoms with Gasteiger partial charge in [-0.05, 0) is 18.6 Å². The van der Waals surface area contributed by atoms with Gasteiger partial charge in [0.1, 0.15) is 0 Å². The third-order valence-electron chi connectivity index (χ3n) is 3.36. The fourth-order valence-electron chi connectivity index (χ4n) is 2.29. The third kappa shape index (κ3) is 4.13. The SMILES string of the molecule is CCOC(=O)Cc1csc(NC(=O)c2occc2-c2ccccc2)n1. The number of ether oxygens (including phenoxy) is 1. The van der Waals surface area contributed by atoms with E-state index in [-0.39, 0.29) is 24.1 Å². The average molecular weight is 356 g/mol. The first-order valence-electron chi connectivity index (χ1n) is 7.71. The number of nitrogens with one attached hydrogen (secondary N) is 1. The first kappa shape index (κ1) is 16.9. The Morgan fingerprint density at radius 2 is 2.04 bits per heavy atom. The molecular formula is C18H16N2O4S. The number of carbonyl (C=O) groups is 2. The topological polar surface area (TPSA) is 81.4 Å². The maximum Gasteiger partial charge on any atom is 0.311 e. The van der Waals surface area contributed by atoms with Crippen molar-refractivity contribution >= 4 is 28.3 Å². The van der Waals surface area contributed by atoms with Gasteiger partial charge in [0.05, 0.1) is 25.0 Å². The van der Waals surface area contributed by atoms with E-state index >= 15 is 0 Å². The van der Waals surface area contributed by atoms with Gasteiger partial charge in [0.25, 0.3) is 5.91 Å². The number of rotatable bonds is 6. The van der Waals surface area contributed by atoms with Gasteiger partial charge in [-0.1, -0.05) is 30.3 Å². The molecule has 1 aromatic carbocycles. The molecule has 0 radical (unpaired) electrons. The van der Waals surface area contributed by atoms with Gasteiger partial charge in [-0.15, -0.1) is 11.3 Å². The van der Waals surface area contributed by atoms with Crippen LogP contribution in [0.1, 0.15) is 23.2 Å². The summed E-state index contributed by atoms with van der Waals surface area (Å²) in [6.07, 6.45) is 1.56. The minimum atomic E-state index is -0.388. The maximum absolute atomic E-state index is 12.5. The second-order valence-corrected chi connectivity index (χ2v) is 5.97. The van der Waals surface area contributed by atoms with Crippen molar-refractivity contribution in [1.82, 2.24) is 4.98 Å². The number of benzene rings is 1. The highest BCUT2D eigenvalue weighted by Gasteiger charge is 2.18. The summed E-state index contributed by atoms with van der Waals surface area (Å²) in [6.45, 7) is 2.08. The number of nitrogens with zero attached hydrogens (tertiary/aromatic N) is 1. The zero-order valence-electron chi connectivity index (χ0n) is 13.5. The minimum Gasteiger partial charge on any atom is -0.466 e. The summed E-state index contributed by atoms with van der Waals surface area (Å²) in [6, 6.07) is 11.3. The van der Waals surface area contributed by atoms with Crippen molar-refractivity contribution in [2.45, 2.75) is 13.3 Å². The Labute approximate surface area is 148 Å². The molecule has 0 spiro atoms. The van der Waals surface area contributed by atoms with E-state index in [0.29, 0.717) is 23.0 Å². The number of carbonyl (C=O) groups excluding carboxylic acids is 2. The fourth-order valence-corrected chi connectivity index (χ4v) is 2.99. The van der Waals surface area contributed by atoms with Crippen LogP contribution in [0.2, 0.25) is 0 Å². The molecule has 128 valence electrons. The third-order valence-corrected chi connectivity index (χ3v) is 4.17. The van der Waals surface area contributed by atoms with Gasteiger partial charge in [0, 0.05) is 10.9 Å². The second kappa shape index (κ2) is 7.76. The first-order chi connectivity index (χ1) is 12.2. The standard InChI is InChI=1S/C18H16N2O4S/c1-2-23-15(21)10-13-11-25-18(19-13)20-17(22)16-14(8-9-24-16)12-6-4-3-5-7-12/h3-9,11H,2,10H2,1H3,(H,19,20,22). The van der Waals surface area contributed by atoms with Crippen molar-refractivity contribution in [3.63, 3.8) is 0 Å². The van der Waals surface area contributed by atoms with Crippen molar-refractivity contribution < 1.29 is 18.7 Å². The predicted molar refractivity (Wildman–Crippen MR) is 94.5 cm³/mol. The van der Waals surface area contributed by atoms with Gasteiger partial charge in [0.2, 0.25) is 0 Å². The minimum absolute atomic E-state index is 0.0796. The van der Waals surface area contributed by atoms with Crippen LogP contribution >= 0.6 is 11.3 Å². The van der Waals surface area contributed by atoms with Gasteiger partial charge in [0.15, 0.2) is 10.9 Å². The van der Waals surface area contributed by atoms with E-state index in [1.807, 2.05) is 30.3 Å². The molecule has 0 aliphatic carbocycles. The van der Waals surface area contributed by atoms with Crippen LogP contribution in [-0.4, -0.2) is 23.5 Å². The molecule has 0 saturated carbocycles. The molecule has 2 aromatic heterocycles. The molecular weight excluding hydrogens is 340 g/mol. The lowest BCUT2D eigenvalue weighted by Gasteiger charge is -2.03. The van der Waals surface area contributed by atoms with Crippen LogP contribution in [0.25, 0.3) is 11.1 Å². The summed E-state index contributed by atoms with van der Waals surface area (Å²) in [5.41, 5.74) is 2.16. The molecule has 0 saturated heterocycles. The molecule has 1 amide bonds. The summed E-state index contributed by atoms with van der Waals surface area (Å²) in [5.74, 6) is -0.516. The Hall–Kier alpha value is -2.93. The van der Waals surface area contributed by atoms with E-state index in [9.17, 15) is 9.59 Å². The molecule has 25 heavy (non-hydrogen) atoms. The number of thiazole rings is 1. The van der Waals surface area contributed by atoms with Crippen LogP contribution in [-0.2, 0) is 16.0 Å². The normalized spacial score (nSPS) is 10.4. The number of hydrogen-bond donors (Lipinski definition) is 1. The molecule has 0 aliphatic heterocycles. The lowest BCUT2D eigenvalue weighted by molar-refractivity contribution is -0.142. The van der Waals surface area contributed by atoms with E-state index in [2.05, 4.69) is 10.3 Å². The van der Waals surface area contributed by atoms with E-state index in [1.54, 1.807) is 18.4 Å². The molecule has 0 bridgehead atoms.